The van der Waals surface area contributed by atoms with Crippen molar-refractivity contribution in [3.63, 3.8) is 0 Å². The van der Waals surface area contributed by atoms with E-state index >= 15 is 0 Å². The van der Waals surface area contributed by atoms with E-state index in [1.807, 2.05) is 41.5 Å². The summed E-state index contributed by atoms with van der Waals surface area (Å²) in [4.78, 5) is 12.6. The molecule has 9 heteroatoms. The van der Waals surface area contributed by atoms with E-state index in [2.05, 4.69) is 27.7 Å². The van der Waals surface area contributed by atoms with Crippen LogP contribution in [0.3, 0.4) is 0 Å². The zero-order valence-corrected chi connectivity index (χ0v) is 17.9. The van der Waals surface area contributed by atoms with Crippen LogP contribution in [-0.2, 0) is 4.79 Å². The Hall–Kier alpha value is -3.82. The fraction of sp³-hybridized carbons (Fsp3) is 0.261. The van der Waals surface area contributed by atoms with Crippen molar-refractivity contribution in [3.05, 3.63) is 65.2 Å². The molecule has 2 aromatic heterocycles. The molecule has 32 heavy (non-hydrogen) atoms. The van der Waals surface area contributed by atoms with Gasteiger partial charge in [-0.05, 0) is 30.5 Å². The van der Waals surface area contributed by atoms with Gasteiger partial charge in [-0.25, -0.2) is 4.68 Å². The molecular formula is C23H19N7OS. The predicted molar refractivity (Wildman–Crippen MR) is 119 cm³/mol. The third-order valence-electron chi connectivity index (χ3n) is 5.79. The first kappa shape index (κ1) is 20.1. The van der Waals surface area contributed by atoms with Gasteiger partial charge in [0.25, 0.3) is 0 Å². The lowest BCUT2D eigenvalue weighted by atomic mass is 9.99. The zero-order chi connectivity index (χ0) is 22.1. The third-order valence-corrected chi connectivity index (χ3v) is 7.07. The molecule has 0 radical (unpaired) electrons. The first-order valence-electron chi connectivity index (χ1n) is 10.3. The highest BCUT2D eigenvalue weighted by atomic mass is 32.2. The topological polar surface area (TPSA) is 112 Å². The number of hydrogen-bond donors (Lipinski definition) is 1. The maximum Gasteiger partial charge on any atom is 0.222 e. The van der Waals surface area contributed by atoms with E-state index < -0.39 is 0 Å². The summed E-state index contributed by atoms with van der Waals surface area (Å²) < 4.78 is 3.64. The van der Waals surface area contributed by atoms with Crippen LogP contribution in [0.4, 0.5) is 0 Å². The number of rotatable bonds is 4. The molecule has 0 saturated carbocycles. The fourth-order valence-electron chi connectivity index (χ4n) is 4.18. The summed E-state index contributed by atoms with van der Waals surface area (Å²) in [6.45, 7) is 0.659. The maximum atomic E-state index is 11.8. The van der Waals surface area contributed by atoms with Gasteiger partial charge in [0.05, 0.1) is 40.5 Å². The summed E-state index contributed by atoms with van der Waals surface area (Å²) in [6, 6.07) is 12.0. The van der Waals surface area contributed by atoms with E-state index in [0.29, 0.717) is 30.5 Å². The second kappa shape index (κ2) is 8.37. The van der Waals surface area contributed by atoms with E-state index in [1.54, 1.807) is 28.7 Å². The first-order valence-corrected chi connectivity index (χ1v) is 11.2. The van der Waals surface area contributed by atoms with Crippen LogP contribution in [0.2, 0.25) is 0 Å². The lowest BCUT2D eigenvalue weighted by Crippen LogP contribution is -2.34. The van der Waals surface area contributed by atoms with Gasteiger partial charge in [-0.1, -0.05) is 12.1 Å². The van der Waals surface area contributed by atoms with Crippen LogP contribution >= 0.6 is 11.8 Å². The normalized spacial score (nSPS) is 19.9. The number of nitrogens with one attached hydrogen (secondary N) is 1. The molecular weight excluding hydrogens is 422 g/mol. The van der Waals surface area contributed by atoms with Crippen LogP contribution in [0.1, 0.15) is 52.9 Å². The predicted octanol–water partition coefficient (Wildman–Crippen LogP) is 3.51. The van der Waals surface area contributed by atoms with E-state index in [9.17, 15) is 15.3 Å². The van der Waals surface area contributed by atoms with Crippen molar-refractivity contribution < 1.29 is 4.79 Å². The summed E-state index contributed by atoms with van der Waals surface area (Å²) >= 11 is 1.57. The number of thioether (sulfide) groups is 1. The minimum absolute atomic E-state index is 0.0491. The van der Waals surface area contributed by atoms with Crippen molar-refractivity contribution in [2.45, 2.75) is 35.4 Å². The van der Waals surface area contributed by atoms with Crippen molar-refractivity contribution in [1.29, 1.82) is 10.5 Å². The molecule has 1 unspecified atom stereocenters. The molecule has 5 rings (SSSR count). The SMILES string of the molecule is N#Cc1ccccc1SC1CC(c2cnn([C@H]3CCNC(=O)C3)c2)=Cn2ncc(C#N)c21. The van der Waals surface area contributed by atoms with Crippen LogP contribution < -0.4 is 5.32 Å². The summed E-state index contributed by atoms with van der Waals surface area (Å²) in [5.74, 6) is 0.0491. The third kappa shape index (κ3) is 3.68. The Morgan fingerprint density at radius 1 is 1.09 bits per heavy atom. The quantitative estimate of drug-likeness (QED) is 0.663. The number of carbonyl (C=O) groups excluding carboxylic acids is 1. The van der Waals surface area contributed by atoms with E-state index in [-0.39, 0.29) is 17.2 Å². The number of piperidine rings is 1. The van der Waals surface area contributed by atoms with Gasteiger partial charge in [-0.3, -0.25) is 9.48 Å². The molecule has 0 aliphatic carbocycles. The Labute approximate surface area is 189 Å². The minimum atomic E-state index is -0.0783. The molecule has 2 atom stereocenters. The summed E-state index contributed by atoms with van der Waals surface area (Å²) in [5, 5.41) is 30.8. The molecule has 8 nitrogen and oxygen atoms in total. The minimum Gasteiger partial charge on any atom is -0.356 e. The van der Waals surface area contributed by atoms with Gasteiger partial charge in [0.2, 0.25) is 5.91 Å². The first-order chi connectivity index (χ1) is 15.7. The van der Waals surface area contributed by atoms with Gasteiger partial charge >= 0.3 is 0 Å². The number of amides is 1. The van der Waals surface area contributed by atoms with Crippen LogP contribution in [0.5, 0.6) is 0 Å². The molecule has 0 bridgehead atoms. The van der Waals surface area contributed by atoms with Gasteiger partial charge in [0.1, 0.15) is 12.1 Å². The van der Waals surface area contributed by atoms with Crippen molar-refractivity contribution in [1.82, 2.24) is 24.9 Å². The molecule has 1 fully saturated rings. The number of hydrogen-bond acceptors (Lipinski definition) is 6. The Kier molecular flexibility index (Phi) is 5.26. The van der Waals surface area contributed by atoms with Gasteiger partial charge in [-0.2, -0.15) is 20.7 Å². The van der Waals surface area contributed by atoms with E-state index in [1.165, 1.54) is 0 Å². The number of allylic oxidation sites excluding steroid dienone is 1. The van der Waals surface area contributed by atoms with Crippen LogP contribution in [0, 0.1) is 22.7 Å². The Morgan fingerprint density at radius 2 is 1.94 bits per heavy atom. The lowest BCUT2D eigenvalue weighted by molar-refractivity contribution is -0.123. The van der Waals surface area contributed by atoms with Gasteiger partial charge < -0.3 is 5.32 Å². The lowest BCUT2D eigenvalue weighted by Gasteiger charge is -2.24. The van der Waals surface area contributed by atoms with Crippen LogP contribution in [0.25, 0.3) is 11.8 Å². The smallest absolute Gasteiger partial charge is 0.222 e. The van der Waals surface area contributed by atoms with Crippen molar-refractivity contribution in [3.8, 4) is 12.1 Å². The van der Waals surface area contributed by atoms with E-state index in [0.717, 1.165) is 28.1 Å². The van der Waals surface area contributed by atoms with Crippen molar-refractivity contribution >= 4 is 29.4 Å². The number of nitriles is 2. The average Bonchev–Trinajstić information content (AvgIpc) is 3.47. The molecule has 1 N–H and O–H groups in total. The second-order valence-corrected chi connectivity index (χ2v) is 9.02. The summed E-state index contributed by atoms with van der Waals surface area (Å²) in [7, 11) is 0. The fourth-order valence-corrected chi connectivity index (χ4v) is 5.49. The number of carbonyl (C=O) groups is 1. The molecule has 1 saturated heterocycles. The zero-order valence-electron chi connectivity index (χ0n) is 17.1. The van der Waals surface area contributed by atoms with Crippen molar-refractivity contribution in [2.75, 3.05) is 6.54 Å². The number of aromatic nitrogens is 4. The summed E-state index contributed by atoms with van der Waals surface area (Å²) in [5.41, 5.74) is 4.00. The molecule has 158 valence electrons. The number of fused-ring (bicyclic) bond motifs is 1. The molecule has 2 aliphatic rings. The molecule has 4 heterocycles. The molecule has 0 spiro atoms. The van der Waals surface area contributed by atoms with Crippen LogP contribution in [0.15, 0.2) is 47.8 Å². The highest BCUT2D eigenvalue weighted by Crippen LogP contribution is 2.46. The second-order valence-electron chi connectivity index (χ2n) is 7.78. The molecule has 1 aromatic carbocycles. The number of nitrogens with zero attached hydrogens (tertiary/aromatic N) is 6. The molecule has 1 amide bonds. The maximum absolute atomic E-state index is 11.8. The molecule has 3 aromatic rings. The van der Waals surface area contributed by atoms with Crippen LogP contribution in [-0.4, -0.2) is 32.0 Å². The highest BCUT2D eigenvalue weighted by molar-refractivity contribution is 7.99. The monoisotopic (exact) mass is 441 g/mol. The van der Waals surface area contributed by atoms with Gasteiger partial charge in [-0.15, -0.1) is 11.8 Å². The van der Waals surface area contributed by atoms with Gasteiger partial charge in [0.15, 0.2) is 0 Å². The van der Waals surface area contributed by atoms with Crippen molar-refractivity contribution in [2.24, 2.45) is 0 Å². The largest absolute Gasteiger partial charge is 0.356 e. The molecule has 2 aliphatic heterocycles. The van der Waals surface area contributed by atoms with Gasteiger partial charge in [0, 0.05) is 35.8 Å². The highest BCUT2D eigenvalue weighted by Gasteiger charge is 2.29. The average molecular weight is 442 g/mol. The number of benzene rings is 1. The van der Waals surface area contributed by atoms with E-state index in [4.69, 9.17) is 0 Å². The Balaban J connectivity index is 1.48. The standard InChI is InChI=1S/C23H19N7OS/c24-9-15-3-1-2-4-20(15)32-21-7-16(13-30-23(21)17(10-25)11-28-30)18-12-27-29(14-18)19-5-6-26-22(31)8-19/h1-4,11-14,19,21H,5-8H2,(H,26,31)/t19-,21?/m0/s1. The summed E-state index contributed by atoms with van der Waals surface area (Å²) in [6.07, 6.45) is 9.29. The Morgan fingerprint density at radius 3 is 2.75 bits per heavy atom. The Bertz CT molecular complexity index is 1310.